The molecule has 0 bridgehead atoms. The molecule has 0 amide bonds. The fourth-order valence-corrected chi connectivity index (χ4v) is 3.68. The van der Waals surface area contributed by atoms with Crippen LogP contribution in [0.25, 0.3) is 11.0 Å². The van der Waals surface area contributed by atoms with Gasteiger partial charge in [0, 0.05) is 10.5 Å². The molecule has 2 aromatic rings. The van der Waals surface area contributed by atoms with Crippen LogP contribution in [0.5, 0.6) is 0 Å². The van der Waals surface area contributed by atoms with Crippen molar-refractivity contribution >= 4 is 27.0 Å². The third-order valence-corrected chi connectivity index (χ3v) is 4.34. The molecule has 4 N–H and O–H groups in total. The van der Waals surface area contributed by atoms with E-state index in [0.29, 0.717) is 11.3 Å². The van der Waals surface area contributed by atoms with Crippen LogP contribution in [0.3, 0.4) is 0 Å². The van der Waals surface area contributed by atoms with Crippen molar-refractivity contribution in [1.29, 1.82) is 0 Å². The Bertz CT molecular complexity index is 681. The summed E-state index contributed by atoms with van der Waals surface area (Å²) in [5, 5.41) is 0. The van der Waals surface area contributed by atoms with E-state index in [2.05, 4.69) is 53.6 Å². The van der Waals surface area contributed by atoms with Gasteiger partial charge in [0.15, 0.2) is 0 Å². The van der Waals surface area contributed by atoms with Crippen molar-refractivity contribution in [1.82, 2.24) is 9.97 Å². The van der Waals surface area contributed by atoms with E-state index in [1.807, 2.05) is 12.1 Å². The summed E-state index contributed by atoms with van der Waals surface area (Å²) in [5.41, 5.74) is 9.14. The van der Waals surface area contributed by atoms with E-state index >= 15 is 0 Å². The van der Waals surface area contributed by atoms with Crippen LogP contribution in [0.15, 0.2) is 21.4 Å². The lowest BCUT2D eigenvalue weighted by atomic mass is 9.82. The van der Waals surface area contributed by atoms with Gasteiger partial charge >= 0.3 is 5.69 Å². The lowest BCUT2D eigenvalue weighted by Gasteiger charge is -2.25. The van der Waals surface area contributed by atoms with Gasteiger partial charge in [-0.1, -0.05) is 43.6 Å². The summed E-state index contributed by atoms with van der Waals surface area (Å²) in [4.78, 5) is 16.9. The minimum Gasteiger partial charge on any atom is -0.324 e. The number of H-pyrrole nitrogens is 2. The van der Waals surface area contributed by atoms with Gasteiger partial charge in [-0.05, 0) is 41.9 Å². The maximum atomic E-state index is 11.4. The molecule has 0 radical (unpaired) electrons. The summed E-state index contributed by atoms with van der Waals surface area (Å²) in [5.74, 6) is 0.549. The first kappa shape index (κ1) is 16.3. The number of nitrogens with one attached hydrogen (secondary N) is 2. The van der Waals surface area contributed by atoms with E-state index < -0.39 is 0 Å². The molecule has 0 aliphatic heterocycles. The summed E-state index contributed by atoms with van der Waals surface area (Å²) in [6.07, 6.45) is 2.07. The fourth-order valence-electron chi connectivity index (χ4n) is 3.05. The highest BCUT2D eigenvalue weighted by Gasteiger charge is 2.20. The minimum absolute atomic E-state index is 0.0421. The van der Waals surface area contributed by atoms with E-state index in [-0.39, 0.29) is 11.7 Å². The Morgan fingerprint density at radius 2 is 1.81 bits per heavy atom. The van der Waals surface area contributed by atoms with Gasteiger partial charge in [0.1, 0.15) is 0 Å². The Kier molecular flexibility index (Phi) is 4.63. The van der Waals surface area contributed by atoms with Crippen LogP contribution in [0, 0.1) is 11.3 Å². The molecule has 5 heteroatoms. The molecule has 1 aromatic heterocycles. The van der Waals surface area contributed by atoms with Gasteiger partial charge in [-0.25, -0.2) is 4.79 Å². The number of rotatable bonds is 4. The molecule has 21 heavy (non-hydrogen) atoms. The van der Waals surface area contributed by atoms with Crippen molar-refractivity contribution in [3.8, 4) is 0 Å². The first-order chi connectivity index (χ1) is 9.65. The van der Waals surface area contributed by atoms with Crippen molar-refractivity contribution in [2.24, 2.45) is 17.1 Å². The Morgan fingerprint density at radius 1 is 1.24 bits per heavy atom. The van der Waals surface area contributed by atoms with Crippen molar-refractivity contribution < 1.29 is 0 Å². The predicted molar refractivity (Wildman–Crippen MR) is 91.4 cm³/mol. The lowest BCUT2D eigenvalue weighted by molar-refractivity contribution is 0.286. The average Bonchev–Trinajstić information content (AvgIpc) is 2.64. The normalized spacial score (nSPS) is 15.3. The molecule has 2 unspecified atom stereocenters. The smallest absolute Gasteiger partial charge is 0.323 e. The summed E-state index contributed by atoms with van der Waals surface area (Å²) >= 11 is 3.56. The summed E-state index contributed by atoms with van der Waals surface area (Å²) in [7, 11) is 0. The predicted octanol–water partition coefficient (Wildman–Crippen LogP) is 4.08. The molecule has 2 rings (SSSR count). The molecule has 1 heterocycles. The molecule has 116 valence electrons. The van der Waals surface area contributed by atoms with Crippen molar-refractivity contribution in [2.75, 3.05) is 0 Å². The maximum absolute atomic E-state index is 11.4. The third kappa shape index (κ3) is 4.20. The van der Waals surface area contributed by atoms with Crippen LogP contribution < -0.4 is 11.4 Å². The summed E-state index contributed by atoms with van der Waals surface area (Å²) in [6.45, 7) is 9.00. The van der Waals surface area contributed by atoms with Gasteiger partial charge in [-0.2, -0.15) is 0 Å². The molecule has 0 aliphatic carbocycles. The highest BCUT2D eigenvalue weighted by molar-refractivity contribution is 9.10. The van der Waals surface area contributed by atoms with Crippen LogP contribution in [-0.2, 0) is 0 Å². The maximum Gasteiger partial charge on any atom is 0.323 e. The Balaban J connectivity index is 2.20. The van der Waals surface area contributed by atoms with Crippen molar-refractivity contribution in [3.05, 3.63) is 32.7 Å². The summed E-state index contributed by atoms with van der Waals surface area (Å²) in [6, 6.07) is 3.84. The number of nitrogens with two attached hydrogens (primary N) is 1. The number of fused-ring (bicyclic) bond motifs is 1. The number of halogens is 1. The molecule has 0 fully saturated rings. The van der Waals surface area contributed by atoms with Gasteiger partial charge in [-0.15, -0.1) is 0 Å². The number of hydrogen-bond donors (Lipinski definition) is 3. The molecule has 0 aliphatic rings. The van der Waals surface area contributed by atoms with Gasteiger partial charge < -0.3 is 15.7 Å². The van der Waals surface area contributed by atoms with E-state index in [1.165, 1.54) is 0 Å². The van der Waals surface area contributed by atoms with Crippen molar-refractivity contribution in [2.45, 2.75) is 46.6 Å². The van der Waals surface area contributed by atoms with Gasteiger partial charge in [0.25, 0.3) is 0 Å². The molecular weight excluding hydrogens is 330 g/mol. The van der Waals surface area contributed by atoms with Crippen molar-refractivity contribution in [3.63, 3.8) is 0 Å². The number of aromatic amines is 2. The quantitative estimate of drug-likeness (QED) is 0.774. The van der Waals surface area contributed by atoms with Gasteiger partial charge in [0.2, 0.25) is 0 Å². The Labute approximate surface area is 133 Å². The molecule has 2 atom stereocenters. The second kappa shape index (κ2) is 5.97. The molecule has 0 spiro atoms. The van der Waals surface area contributed by atoms with Gasteiger partial charge in [-0.3, -0.25) is 0 Å². The molecule has 1 aromatic carbocycles. The largest absolute Gasteiger partial charge is 0.324 e. The van der Waals surface area contributed by atoms with Gasteiger partial charge in [0.05, 0.1) is 11.0 Å². The first-order valence-electron chi connectivity index (χ1n) is 7.33. The zero-order valence-electron chi connectivity index (χ0n) is 13.1. The molecular formula is C16H24BrN3O. The minimum atomic E-state index is -0.191. The number of benzene rings is 1. The molecule has 0 saturated heterocycles. The Hall–Kier alpha value is -1.07. The molecule has 0 saturated carbocycles. The number of aromatic nitrogens is 2. The van der Waals surface area contributed by atoms with E-state index in [1.54, 1.807) is 0 Å². The summed E-state index contributed by atoms with van der Waals surface area (Å²) < 4.78 is 0.945. The highest BCUT2D eigenvalue weighted by Crippen LogP contribution is 2.33. The first-order valence-corrected chi connectivity index (χ1v) is 8.12. The topological polar surface area (TPSA) is 74.7 Å². The number of imidazole rings is 1. The zero-order valence-corrected chi connectivity index (χ0v) is 14.7. The van der Waals surface area contributed by atoms with Crippen LogP contribution in [-0.4, -0.2) is 9.97 Å². The highest BCUT2D eigenvalue weighted by atomic mass is 79.9. The fraction of sp³-hybridized carbons (Fsp3) is 0.562. The Morgan fingerprint density at radius 3 is 2.38 bits per heavy atom. The zero-order chi connectivity index (χ0) is 15.8. The third-order valence-electron chi connectivity index (χ3n) is 3.65. The van der Waals surface area contributed by atoms with Crippen LogP contribution in [0.1, 0.15) is 52.1 Å². The van der Waals surface area contributed by atoms with Crippen LogP contribution >= 0.6 is 15.9 Å². The second-order valence-electron chi connectivity index (χ2n) is 7.21. The van der Waals surface area contributed by atoms with E-state index in [9.17, 15) is 4.79 Å². The number of hydrogen-bond acceptors (Lipinski definition) is 2. The van der Waals surface area contributed by atoms with Crippen LogP contribution in [0.4, 0.5) is 0 Å². The van der Waals surface area contributed by atoms with E-state index in [4.69, 9.17) is 5.73 Å². The lowest BCUT2D eigenvalue weighted by Crippen LogP contribution is -2.18. The SMILES string of the molecule is CC(CC(N)c1cc2[nH]c(=O)[nH]c2cc1Br)CC(C)(C)C. The average molecular weight is 354 g/mol. The monoisotopic (exact) mass is 353 g/mol. The second-order valence-corrected chi connectivity index (χ2v) is 8.06. The van der Waals surface area contributed by atoms with E-state index in [0.717, 1.165) is 33.9 Å². The van der Waals surface area contributed by atoms with Crippen LogP contribution in [0.2, 0.25) is 0 Å². The standard InChI is InChI=1S/C16H24BrN3O/c1-9(8-16(2,3)4)5-12(18)10-6-13-14(7-11(10)17)20-15(21)19-13/h6-7,9,12H,5,8,18H2,1-4H3,(H2,19,20,21). The molecule has 4 nitrogen and oxygen atoms in total.